The molecule has 1 aliphatic rings. The van der Waals surface area contributed by atoms with Crippen molar-refractivity contribution in [1.29, 1.82) is 0 Å². The molecule has 1 aromatic carbocycles. The Morgan fingerprint density at radius 1 is 1.06 bits per heavy atom. The Kier molecular flexibility index (Phi) is 7.73. The summed E-state index contributed by atoms with van der Waals surface area (Å²) in [6.45, 7) is 8.73. The standard InChI is InChI=1S/C22H27Cl2N5O2/c1-4-27(22(31)15(2)3)14-21(30)29-11-9-28(10-12-29)20-8-7-19(25-26-20)17-6-5-16(23)13-18(17)24/h5-8,13,15H,4,9-12,14H2,1-3H3. The predicted octanol–water partition coefficient (Wildman–Crippen LogP) is 3.60. The van der Waals surface area contributed by atoms with Crippen molar-refractivity contribution in [2.45, 2.75) is 20.8 Å². The van der Waals surface area contributed by atoms with Crippen LogP contribution in [0, 0.1) is 5.92 Å². The van der Waals surface area contributed by atoms with Gasteiger partial charge in [0.05, 0.1) is 17.3 Å². The van der Waals surface area contributed by atoms with E-state index in [9.17, 15) is 9.59 Å². The van der Waals surface area contributed by atoms with Crippen LogP contribution in [0.3, 0.4) is 0 Å². The first-order chi connectivity index (χ1) is 14.8. The van der Waals surface area contributed by atoms with Gasteiger partial charge in [0.2, 0.25) is 11.8 Å². The van der Waals surface area contributed by atoms with Crippen LogP contribution in [-0.4, -0.2) is 71.1 Å². The Labute approximate surface area is 192 Å². The second-order valence-corrected chi connectivity index (χ2v) is 8.62. The summed E-state index contributed by atoms with van der Waals surface area (Å²) in [4.78, 5) is 30.4. The van der Waals surface area contributed by atoms with Crippen LogP contribution in [0.1, 0.15) is 20.8 Å². The number of nitrogens with zero attached hydrogens (tertiary/aromatic N) is 5. The smallest absolute Gasteiger partial charge is 0.242 e. The molecule has 0 aliphatic carbocycles. The molecule has 0 bridgehead atoms. The van der Waals surface area contributed by atoms with Gasteiger partial charge in [0.25, 0.3) is 0 Å². The molecule has 0 N–H and O–H groups in total. The molecule has 2 amide bonds. The summed E-state index contributed by atoms with van der Waals surface area (Å²) in [5, 5.41) is 9.75. The number of carbonyl (C=O) groups excluding carboxylic acids is 2. The fraction of sp³-hybridized carbons (Fsp3) is 0.455. The van der Waals surface area contributed by atoms with Crippen molar-refractivity contribution in [1.82, 2.24) is 20.0 Å². The Bertz CT molecular complexity index is 928. The topological polar surface area (TPSA) is 69.6 Å². The molecule has 3 rings (SSSR count). The van der Waals surface area contributed by atoms with E-state index in [-0.39, 0.29) is 24.3 Å². The molecule has 0 saturated carbocycles. The maximum absolute atomic E-state index is 12.7. The number of carbonyl (C=O) groups is 2. The lowest BCUT2D eigenvalue weighted by molar-refractivity contribution is -0.142. The van der Waals surface area contributed by atoms with Crippen molar-refractivity contribution in [2.75, 3.05) is 44.2 Å². The van der Waals surface area contributed by atoms with E-state index in [1.54, 1.807) is 17.0 Å². The number of likely N-dealkylation sites (N-methyl/N-ethyl adjacent to an activating group) is 1. The number of hydrogen-bond acceptors (Lipinski definition) is 5. The fourth-order valence-electron chi connectivity index (χ4n) is 3.49. The SMILES string of the molecule is CCN(CC(=O)N1CCN(c2ccc(-c3ccc(Cl)cc3Cl)nn2)CC1)C(=O)C(C)C. The minimum atomic E-state index is -0.117. The molecule has 2 heterocycles. The van der Waals surface area contributed by atoms with Gasteiger partial charge in [0, 0.05) is 49.2 Å². The van der Waals surface area contributed by atoms with Gasteiger partial charge in [-0.3, -0.25) is 9.59 Å². The normalized spacial score (nSPS) is 14.1. The molecular weight excluding hydrogens is 437 g/mol. The molecule has 166 valence electrons. The van der Waals surface area contributed by atoms with Crippen LogP contribution >= 0.6 is 23.2 Å². The van der Waals surface area contributed by atoms with Gasteiger partial charge in [-0.15, -0.1) is 10.2 Å². The minimum absolute atomic E-state index is 0.00522. The van der Waals surface area contributed by atoms with Gasteiger partial charge in [-0.25, -0.2) is 0 Å². The molecule has 31 heavy (non-hydrogen) atoms. The number of piperazine rings is 1. The number of amides is 2. The van der Waals surface area contributed by atoms with Crippen molar-refractivity contribution in [3.8, 4) is 11.3 Å². The van der Waals surface area contributed by atoms with Gasteiger partial charge in [-0.2, -0.15) is 0 Å². The van der Waals surface area contributed by atoms with Crippen molar-refractivity contribution in [3.05, 3.63) is 40.4 Å². The zero-order valence-electron chi connectivity index (χ0n) is 18.0. The van der Waals surface area contributed by atoms with Crippen LogP contribution in [0.5, 0.6) is 0 Å². The molecule has 1 aliphatic heterocycles. The van der Waals surface area contributed by atoms with Gasteiger partial charge in [0.1, 0.15) is 0 Å². The third-order valence-corrected chi connectivity index (χ3v) is 5.88. The first kappa shape index (κ1) is 23.3. The average molecular weight is 464 g/mol. The minimum Gasteiger partial charge on any atom is -0.352 e. The highest BCUT2D eigenvalue weighted by molar-refractivity contribution is 6.36. The highest BCUT2D eigenvalue weighted by Gasteiger charge is 2.25. The summed E-state index contributed by atoms with van der Waals surface area (Å²) < 4.78 is 0. The summed E-state index contributed by atoms with van der Waals surface area (Å²) in [7, 11) is 0. The Hall–Kier alpha value is -2.38. The molecule has 0 atom stereocenters. The maximum Gasteiger partial charge on any atom is 0.242 e. The quantitative estimate of drug-likeness (QED) is 0.654. The molecule has 7 nitrogen and oxygen atoms in total. The number of benzene rings is 1. The van der Waals surface area contributed by atoms with Gasteiger partial charge >= 0.3 is 0 Å². The van der Waals surface area contributed by atoms with Crippen molar-refractivity contribution < 1.29 is 9.59 Å². The van der Waals surface area contributed by atoms with E-state index < -0.39 is 0 Å². The van der Waals surface area contributed by atoms with Crippen molar-refractivity contribution >= 4 is 40.8 Å². The zero-order valence-corrected chi connectivity index (χ0v) is 19.5. The van der Waals surface area contributed by atoms with E-state index in [0.717, 1.165) is 11.4 Å². The molecular formula is C22H27Cl2N5O2. The number of hydrogen-bond donors (Lipinski definition) is 0. The number of halogens is 2. The van der Waals surface area contributed by atoms with Gasteiger partial charge in [-0.05, 0) is 37.3 Å². The fourth-order valence-corrected chi connectivity index (χ4v) is 4.00. The first-order valence-electron chi connectivity index (χ1n) is 10.4. The van der Waals surface area contributed by atoms with E-state index in [1.165, 1.54) is 0 Å². The molecule has 2 aromatic rings. The summed E-state index contributed by atoms with van der Waals surface area (Å²) >= 11 is 12.2. The lowest BCUT2D eigenvalue weighted by atomic mass is 10.1. The van der Waals surface area contributed by atoms with Crippen LogP contribution in [0.15, 0.2) is 30.3 Å². The Morgan fingerprint density at radius 2 is 1.77 bits per heavy atom. The van der Waals surface area contributed by atoms with Crippen molar-refractivity contribution in [2.24, 2.45) is 5.92 Å². The number of anilines is 1. The van der Waals surface area contributed by atoms with E-state index in [2.05, 4.69) is 15.1 Å². The molecule has 1 aromatic heterocycles. The summed E-state index contributed by atoms with van der Waals surface area (Å²) in [6.07, 6.45) is 0. The third kappa shape index (κ3) is 5.66. The van der Waals surface area contributed by atoms with E-state index in [1.807, 2.05) is 43.9 Å². The van der Waals surface area contributed by atoms with Crippen LogP contribution in [0.2, 0.25) is 10.0 Å². The summed E-state index contributed by atoms with van der Waals surface area (Å²) in [5.41, 5.74) is 1.45. The summed E-state index contributed by atoms with van der Waals surface area (Å²) in [5.74, 6) is 0.625. The molecule has 1 saturated heterocycles. The van der Waals surface area contributed by atoms with E-state index >= 15 is 0 Å². The van der Waals surface area contributed by atoms with E-state index in [4.69, 9.17) is 23.2 Å². The molecule has 9 heteroatoms. The maximum atomic E-state index is 12.7. The van der Waals surface area contributed by atoms with E-state index in [0.29, 0.717) is 48.5 Å². The lowest BCUT2D eigenvalue weighted by Crippen LogP contribution is -2.52. The molecule has 0 unspecified atom stereocenters. The monoisotopic (exact) mass is 463 g/mol. The van der Waals surface area contributed by atoms with Crippen molar-refractivity contribution in [3.63, 3.8) is 0 Å². The zero-order chi connectivity index (χ0) is 22.5. The predicted molar refractivity (Wildman–Crippen MR) is 123 cm³/mol. The lowest BCUT2D eigenvalue weighted by Gasteiger charge is -2.36. The molecule has 0 spiro atoms. The Balaban J connectivity index is 1.58. The van der Waals surface area contributed by atoms with Gasteiger partial charge < -0.3 is 14.7 Å². The second-order valence-electron chi connectivity index (χ2n) is 7.78. The van der Waals surface area contributed by atoms with Gasteiger partial charge in [-0.1, -0.05) is 37.0 Å². The van der Waals surface area contributed by atoms with Gasteiger partial charge in [0.15, 0.2) is 5.82 Å². The number of aromatic nitrogens is 2. The summed E-state index contributed by atoms with van der Waals surface area (Å²) in [6, 6.07) is 9.06. The highest BCUT2D eigenvalue weighted by atomic mass is 35.5. The Morgan fingerprint density at radius 3 is 2.32 bits per heavy atom. The highest BCUT2D eigenvalue weighted by Crippen LogP contribution is 2.29. The first-order valence-corrected chi connectivity index (χ1v) is 11.2. The molecule has 0 radical (unpaired) electrons. The molecule has 1 fully saturated rings. The van der Waals surface area contributed by atoms with Crippen LogP contribution < -0.4 is 4.90 Å². The second kappa shape index (κ2) is 10.3. The number of rotatable bonds is 6. The average Bonchev–Trinajstić information content (AvgIpc) is 2.77. The third-order valence-electron chi connectivity index (χ3n) is 5.33. The van der Waals surface area contributed by atoms with Crippen LogP contribution in [-0.2, 0) is 9.59 Å². The van der Waals surface area contributed by atoms with Crippen LogP contribution in [0.4, 0.5) is 5.82 Å². The largest absolute Gasteiger partial charge is 0.352 e. The van der Waals surface area contributed by atoms with Crippen LogP contribution in [0.25, 0.3) is 11.3 Å².